The third-order valence-electron chi connectivity index (χ3n) is 3.16. The van der Waals surface area contributed by atoms with Gasteiger partial charge in [0.05, 0.1) is 11.8 Å². The van der Waals surface area contributed by atoms with Gasteiger partial charge in [-0.1, -0.05) is 0 Å². The zero-order chi connectivity index (χ0) is 13.9. The molecule has 1 saturated heterocycles. The van der Waals surface area contributed by atoms with Crippen LogP contribution < -0.4 is 5.32 Å². The Morgan fingerprint density at radius 3 is 2.95 bits per heavy atom. The molecular weight excluding hydrogens is 264 g/mol. The van der Waals surface area contributed by atoms with Crippen LogP contribution in [0.1, 0.15) is 18.4 Å². The average molecular weight is 280 g/mol. The predicted molar refractivity (Wildman–Crippen MR) is 72.0 cm³/mol. The van der Waals surface area contributed by atoms with Gasteiger partial charge in [0.25, 0.3) is 0 Å². The standard InChI is InChI=1S/C12H16N4O2S/c1-19(17,18)16-6-2-3-11(16)9-15-12-5-4-10(7-13)8-14-12/h4-5,8,11H,2-3,6,9H2,1H3,(H,14,15)/t11-/m1/s1. The summed E-state index contributed by atoms with van der Waals surface area (Å²) in [4.78, 5) is 4.10. The molecule has 0 aromatic carbocycles. The monoisotopic (exact) mass is 280 g/mol. The highest BCUT2D eigenvalue weighted by atomic mass is 32.2. The van der Waals surface area contributed by atoms with Gasteiger partial charge in [-0.3, -0.25) is 0 Å². The van der Waals surface area contributed by atoms with E-state index in [2.05, 4.69) is 10.3 Å². The van der Waals surface area contributed by atoms with Gasteiger partial charge in [-0.25, -0.2) is 13.4 Å². The Balaban J connectivity index is 1.96. The van der Waals surface area contributed by atoms with E-state index in [1.807, 2.05) is 6.07 Å². The van der Waals surface area contributed by atoms with Crippen LogP contribution in [-0.2, 0) is 10.0 Å². The van der Waals surface area contributed by atoms with E-state index in [1.54, 1.807) is 12.1 Å². The summed E-state index contributed by atoms with van der Waals surface area (Å²) in [5.41, 5.74) is 0.504. The van der Waals surface area contributed by atoms with Crippen molar-refractivity contribution < 1.29 is 8.42 Å². The van der Waals surface area contributed by atoms with Crippen LogP contribution in [0.2, 0.25) is 0 Å². The summed E-state index contributed by atoms with van der Waals surface area (Å²) >= 11 is 0. The van der Waals surface area contributed by atoms with Gasteiger partial charge in [0.2, 0.25) is 10.0 Å². The molecule has 19 heavy (non-hydrogen) atoms. The van der Waals surface area contributed by atoms with E-state index < -0.39 is 10.0 Å². The lowest BCUT2D eigenvalue weighted by Gasteiger charge is -2.22. The van der Waals surface area contributed by atoms with Gasteiger partial charge in [0.1, 0.15) is 11.9 Å². The van der Waals surface area contributed by atoms with Gasteiger partial charge in [-0.2, -0.15) is 9.57 Å². The Hall–Kier alpha value is -1.65. The predicted octanol–water partition coefficient (Wildman–Crippen LogP) is 0.789. The minimum absolute atomic E-state index is 0.0209. The fourth-order valence-electron chi connectivity index (χ4n) is 2.24. The second-order valence-electron chi connectivity index (χ2n) is 4.59. The number of rotatable bonds is 4. The fourth-order valence-corrected chi connectivity index (χ4v) is 3.42. The quantitative estimate of drug-likeness (QED) is 0.881. The van der Waals surface area contributed by atoms with Crippen molar-refractivity contribution in [2.45, 2.75) is 18.9 Å². The summed E-state index contributed by atoms with van der Waals surface area (Å²) in [6.07, 6.45) is 4.48. The van der Waals surface area contributed by atoms with Crippen molar-refractivity contribution in [3.05, 3.63) is 23.9 Å². The number of sulfonamides is 1. The molecule has 1 N–H and O–H groups in total. The zero-order valence-electron chi connectivity index (χ0n) is 10.7. The van der Waals surface area contributed by atoms with E-state index in [9.17, 15) is 8.42 Å². The number of nitrogens with zero attached hydrogens (tertiary/aromatic N) is 3. The highest BCUT2D eigenvalue weighted by molar-refractivity contribution is 7.88. The third kappa shape index (κ3) is 3.43. The number of aromatic nitrogens is 1. The normalized spacial score (nSPS) is 20.1. The number of hydrogen-bond donors (Lipinski definition) is 1. The maximum atomic E-state index is 11.6. The molecule has 1 fully saturated rings. The molecule has 1 atom stereocenters. The lowest BCUT2D eigenvalue weighted by molar-refractivity contribution is 0.402. The molecule has 1 aliphatic rings. The van der Waals surface area contributed by atoms with Crippen LogP contribution in [0.4, 0.5) is 5.82 Å². The van der Waals surface area contributed by atoms with Gasteiger partial charge in [-0.05, 0) is 25.0 Å². The summed E-state index contributed by atoms with van der Waals surface area (Å²) in [6, 6.07) is 5.38. The summed E-state index contributed by atoms with van der Waals surface area (Å²) in [5.74, 6) is 0.652. The molecule has 0 aliphatic carbocycles. The maximum absolute atomic E-state index is 11.6. The number of nitriles is 1. The molecule has 1 aliphatic heterocycles. The number of hydrogen-bond acceptors (Lipinski definition) is 5. The molecule has 0 saturated carbocycles. The number of anilines is 1. The van der Waals surface area contributed by atoms with Crippen molar-refractivity contribution in [3.8, 4) is 6.07 Å². The van der Waals surface area contributed by atoms with Crippen LogP contribution in [0, 0.1) is 11.3 Å². The Morgan fingerprint density at radius 1 is 1.58 bits per heavy atom. The first-order chi connectivity index (χ1) is 9.00. The van der Waals surface area contributed by atoms with Gasteiger partial charge >= 0.3 is 0 Å². The average Bonchev–Trinajstić information content (AvgIpc) is 2.85. The summed E-state index contributed by atoms with van der Waals surface area (Å²) in [5, 5.41) is 11.8. The van der Waals surface area contributed by atoms with E-state index in [0.29, 0.717) is 24.5 Å². The first-order valence-corrected chi connectivity index (χ1v) is 7.92. The van der Waals surface area contributed by atoms with E-state index in [1.165, 1.54) is 16.8 Å². The molecule has 0 amide bonds. The van der Waals surface area contributed by atoms with Crippen LogP contribution in [-0.4, -0.2) is 43.1 Å². The van der Waals surface area contributed by atoms with Gasteiger partial charge < -0.3 is 5.32 Å². The smallest absolute Gasteiger partial charge is 0.211 e. The summed E-state index contributed by atoms with van der Waals surface area (Å²) in [7, 11) is -3.14. The van der Waals surface area contributed by atoms with E-state index in [-0.39, 0.29) is 6.04 Å². The molecule has 7 heteroatoms. The maximum Gasteiger partial charge on any atom is 0.211 e. The Morgan fingerprint density at radius 2 is 2.37 bits per heavy atom. The zero-order valence-corrected chi connectivity index (χ0v) is 11.5. The highest BCUT2D eigenvalue weighted by Gasteiger charge is 2.30. The second-order valence-corrected chi connectivity index (χ2v) is 6.53. The Bertz CT molecular complexity index is 577. The third-order valence-corrected chi connectivity index (χ3v) is 4.49. The molecule has 0 bridgehead atoms. The molecule has 0 unspecified atom stereocenters. The molecule has 102 valence electrons. The van der Waals surface area contributed by atoms with Crippen LogP contribution in [0.25, 0.3) is 0 Å². The van der Waals surface area contributed by atoms with Gasteiger partial charge in [-0.15, -0.1) is 0 Å². The molecule has 1 aromatic heterocycles. The van der Waals surface area contributed by atoms with Crippen LogP contribution >= 0.6 is 0 Å². The Kier molecular flexibility index (Phi) is 4.02. The number of pyridine rings is 1. The van der Waals surface area contributed by atoms with Crippen molar-refractivity contribution in [1.82, 2.24) is 9.29 Å². The van der Waals surface area contributed by atoms with Crippen molar-refractivity contribution in [3.63, 3.8) is 0 Å². The molecule has 6 nitrogen and oxygen atoms in total. The minimum Gasteiger partial charge on any atom is -0.368 e. The van der Waals surface area contributed by atoms with Crippen molar-refractivity contribution >= 4 is 15.8 Å². The lowest BCUT2D eigenvalue weighted by Crippen LogP contribution is -2.38. The highest BCUT2D eigenvalue weighted by Crippen LogP contribution is 2.20. The van der Waals surface area contributed by atoms with Gasteiger partial charge in [0, 0.05) is 25.3 Å². The minimum atomic E-state index is -3.14. The van der Waals surface area contributed by atoms with E-state index in [4.69, 9.17) is 5.26 Å². The van der Waals surface area contributed by atoms with Gasteiger partial charge in [0.15, 0.2) is 0 Å². The SMILES string of the molecule is CS(=O)(=O)N1CCC[C@@H]1CNc1ccc(C#N)cn1. The molecule has 0 spiro atoms. The largest absolute Gasteiger partial charge is 0.368 e. The topological polar surface area (TPSA) is 86.1 Å². The van der Waals surface area contributed by atoms with Crippen LogP contribution in [0.3, 0.4) is 0 Å². The molecular formula is C12H16N4O2S. The van der Waals surface area contributed by atoms with Crippen LogP contribution in [0.5, 0.6) is 0 Å². The van der Waals surface area contributed by atoms with Crippen molar-refractivity contribution in [2.24, 2.45) is 0 Å². The van der Waals surface area contributed by atoms with Crippen molar-refractivity contribution in [2.75, 3.05) is 24.7 Å². The molecule has 1 aromatic rings. The first-order valence-electron chi connectivity index (χ1n) is 6.07. The molecule has 0 radical (unpaired) electrons. The van der Waals surface area contributed by atoms with E-state index >= 15 is 0 Å². The van der Waals surface area contributed by atoms with Crippen LogP contribution in [0.15, 0.2) is 18.3 Å². The molecule has 2 heterocycles. The lowest BCUT2D eigenvalue weighted by atomic mass is 10.2. The number of nitrogens with one attached hydrogen (secondary N) is 1. The summed E-state index contributed by atoms with van der Waals surface area (Å²) < 4.78 is 24.7. The summed E-state index contributed by atoms with van der Waals surface area (Å²) in [6.45, 7) is 1.12. The second kappa shape index (κ2) is 5.55. The Labute approximate surface area is 113 Å². The fraction of sp³-hybridized carbons (Fsp3) is 0.500. The van der Waals surface area contributed by atoms with Crippen molar-refractivity contribution in [1.29, 1.82) is 5.26 Å². The molecule has 2 rings (SSSR count). The van der Waals surface area contributed by atoms with E-state index in [0.717, 1.165) is 12.8 Å². The first kappa shape index (κ1) is 13.8.